The molecule has 6 nitrogen and oxygen atoms in total. The molecular formula is C23H20F2N4O2. The molecule has 2 heterocycles. The van der Waals surface area contributed by atoms with E-state index in [-0.39, 0.29) is 23.4 Å². The van der Waals surface area contributed by atoms with Gasteiger partial charge in [-0.05, 0) is 42.1 Å². The number of aryl methyl sites for hydroxylation is 1. The van der Waals surface area contributed by atoms with Gasteiger partial charge in [-0.3, -0.25) is 9.59 Å². The number of amides is 1. The first-order chi connectivity index (χ1) is 15.0. The molecule has 1 aliphatic heterocycles. The van der Waals surface area contributed by atoms with Crippen LogP contribution in [0.4, 0.5) is 20.2 Å². The quantitative estimate of drug-likeness (QED) is 0.653. The summed E-state index contributed by atoms with van der Waals surface area (Å²) in [6.45, 7) is 9.32. The molecule has 0 unspecified atom stereocenters. The summed E-state index contributed by atoms with van der Waals surface area (Å²) in [6.07, 6.45) is 0.571. The van der Waals surface area contributed by atoms with Gasteiger partial charge in [-0.1, -0.05) is 12.1 Å². The van der Waals surface area contributed by atoms with Crippen molar-refractivity contribution in [2.24, 2.45) is 0 Å². The van der Waals surface area contributed by atoms with E-state index in [9.17, 15) is 18.4 Å². The Hall–Kier alpha value is -3.73. The first-order valence-electron chi connectivity index (χ1n) is 9.96. The maximum Gasteiger partial charge on any atom is 0.258 e. The highest BCUT2D eigenvalue weighted by molar-refractivity contribution is 5.82. The highest BCUT2D eigenvalue weighted by atomic mass is 19.1. The van der Waals surface area contributed by atoms with Crippen molar-refractivity contribution in [3.63, 3.8) is 0 Å². The van der Waals surface area contributed by atoms with Crippen LogP contribution in [0, 0.1) is 18.2 Å². The van der Waals surface area contributed by atoms with Gasteiger partial charge in [-0.25, -0.2) is 13.6 Å². The summed E-state index contributed by atoms with van der Waals surface area (Å²) in [4.78, 5) is 34.6. The standard InChI is InChI=1S/C23H20F2N4O2/c1-26-19-14-16(24)5-7-20(19)28-9-11-29(12-10-28)21(30)8-6-17-13-15-3-2-4-18(25)22(15)23(31)27-17/h2-5,7,13-14H,6,8-12H2,(H,27,31). The molecule has 158 valence electrons. The molecule has 1 aliphatic rings. The van der Waals surface area contributed by atoms with Crippen molar-refractivity contribution in [1.29, 1.82) is 0 Å². The number of hydrogen-bond acceptors (Lipinski definition) is 3. The first kappa shape index (κ1) is 20.5. The number of anilines is 1. The maximum atomic E-state index is 13.8. The summed E-state index contributed by atoms with van der Waals surface area (Å²) in [5.74, 6) is -1.05. The normalized spacial score (nSPS) is 14.0. The molecule has 1 N–H and O–H groups in total. The highest BCUT2D eigenvalue weighted by Gasteiger charge is 2.23. The molecule has 2 aromatic carbocycles. The van der Waals surface area contributed by atoms with Gasteiger partial charge in [-0.2, -0.15) is 0 Å². The van der Waals surface area contributed by atoms with Crippen molar-refractivity contribution in [3.05, 3.63) is 81.6 Å². The summed E-state index contributed by atoms with van der Waals surface area (Å²) < 4.78 is 27.2. The summed E-state index contributed by atoms with van der Waals surface area (Å²) in [6, 6.07) is 10.3. The van der Waals surface area contributed by atoms with Gasteiger partial charge < -0.3 is 14.8 Å². The molecule has 4 rings (SSSR count). The van der Waals surface area contributed by atoms with E-state index in [0.29, 0.717) is 49.4 Å². The number of aromatic nitrogens is 1. The number of carbonyl (C=O) groups excluding carboxylic acids is 1. The van der Waals surface area contributed by atoms with Gasteiger partial charge in [-0.15, -0.1) is 0 Å². The third-order valence-corrected chi connectivity index (χ3v) is 5.52. The topological polar surface area (TPSA) is 60.8 Å². The minimum Gasteiger partial charge on any atom is -0.377 e. The second kappa shape index (κ2) is 8.56. The van der Waals surface area contributed by atoms with Crippen LogP contribution in [0.3, 0.4) is 0 Å². The van der Waals surface area contributed by atoms with Gasteiger partial charge in [0.05, 0.1) is 12.0 Å². The Morgan fingerprint density at radius 3 is 2.61 bits per heavy atom. The molecule has 8 heteroatoms. The van der Waals surface area contributed by atoms with E-state index < -0.39 is 17.2 Å². The molecule has 1 aromatic heterocycles. The van der Waals surface area contributed by atoms with Crippen LogP contribution < -0.4 is 10.5 Å². The summed E-state index contributed by atoms with van der Waals surface area (Å²) in [5, 5.41) is 0.531. The smallest absolute Gasteiger partial charge is 0.258 e. The van der Waals surface area contributed by atoms with Crippen LogP contribution in [0.2, 0.25) is 0 Å². The van der Waals surface area contributed by atoms with Crippen LogP contribution in [0.25, 0.3) is 15.6 Å². The van der Waals surface area contributed by atoms with E-state index in [1.54, 1.807) is 29.2 Å². The van der Waals surface area contributed by atoms with Crippen molar-refractivity contribution in [1.82, 2.24) is 9.88 Å². The lowest BCUT2D eigenvalue weighted by molar-refractivity contribution is -0.131. The Kier molecular flexibility index (Phi) is 5.67. The van der Waals surface area contributed by atoms with Gasteiger partial charge >= 0.3 is 0 Å². The maximum absolute atomic E-state index is 13.8. The third-order valence-electron chi connectivity index (χ3n) is 5.52. The number of aromatic amines is 1. The van der Waals surface area contributed by atoms with E-state index in [2.05, 4.69) is 9.83 Å². The Morgan fingerprint density at radius 1 is 1.10 bits per heavy atom. The zero-order valence-electron chi connectivity index (χ0n) is 16.7. The molecule has 3 aromatic rings. The molecule has 0 saturated carbocycles. The first-order valence-corrected chi connectivity index (χ1v) is 9.96. The molecule has 1 amide bonds. The third kappa shape index (κ3) is 4.26. The molecular weight excluding hydrogens is 402 g/mol. The van der Waals surface area contributed by atoms with Crippen LogP contribution in [0.15, 0.2) is 47.3 Å². The number of halogens is 2. The van der Waals surface area contributed by atoms with Crippen LogP contribution >= 0.6 is 0 Å². The van der Waals surface area contributed by atoms with E-state index in [4.69, 9.17) is 6.57 Å². The van der Waals surface area contributed by atoms with Gasteiger partial charge in [0.25, 0.3) is 5.56 Å². The minimum atomic E-state index is -0.568. The average Bonchev–Trinajstić information content (AvgIpc) is 2.77. The number of benzene rings is 2. The zero-order chi connectivity index (χ0) is 22.0. The van der Waals surface area contributed by atoms with E-state index in [1.807, 2.05) is 4.90 Å². The van der Waals surface area contributed by atoms with Crippen LogP contribution in [-0.4, -0.2) is 42.0 Å². The molecule has 0 radical (unpaired) electrons. The van der Waals surface area contributed by atoms with Crippen LogP contribution in [-0.2, 0) is 11.2 Å². The minimum absolute atomic E-state index is 0.0216. The number of pyridine rings is 1. The van der Waals surface area contributed by atoms with Crippen molar-refractivity contribution in [2.45, 2.75) is 12.8 Å². The Bertz CT molecular complexity index is 1240. The Labute approximate surface area is 177 Å². The number of H-pyrrole nitrogens is 1. The van der Waals surface area contributed by atoms with Gasteiger partial charge in [0.15, 0.2) is 0 Å². The van der Waals surface area contributed by atoms with Crippen LogP contribution in [0.5, 0.6) is 0 Å². The highest BCUT2D eigenvalue weighted by Crippen LogP contribution is 2.30. The Balaban J connectivity index is 1.37. The lowest BCUT2D eigenvalue weighted by atomic mass is 10.1. The predicted molar refractivity (Wildman–Crippen MR) is 114 cm³/mol. The zero-order valence-corrected chi connectivity index (χ0v) is 16.7. The summed E-state index contributed by atoms with van der Waals surface area (Å²) >= 11 is 0. The van der Waals surface area contributed by atoms with Crippen molar-refractivity contribution < 1.29 is 13.6 Å². The fourth-order valence-corrected chi connectivity index (χ4v) is 3.92. The number of piperazine rings is 1. The van der Waals surface area contributed by atoms with Crippen molar-refractivity contribution >= 4 is 28.1 Å². The molecule has 0 aliphatic carbocycles. The number of rotatable bonds is 4. The monoisotopic (exact) mass is 422 g/mol. The molecule has 31 heavy (non-hydrogen) atoms. The second-order valence-electron chi connectivity index (χ2n) is 7.44. The van der Waals surface area contributed by atoms with E-state index in [1.165, 1.54) is 18.2 Å². The van der Waals surface area contributed by atoms with Gasteiger partial charge in [0.2, 0.25) is 11.6 Å². The fraction of sp³-hybridized carbons (Fsp3) is 0.261. The predicted octanol–water partition coefficient (Wildman–Crippen LogP) is 3.64. The lowest BCUT2D eigenvalue weighted by Crippen LogP contribution is -2.48. The van der Waals surface area contributed by atoms with Gasteiger partial charge in [0.1, 0.15) is 11.6 Å². The van der Waals surface area contributed by atoms with Crippen molar-refractivity contribution in [2.75, 3.05) is 31.1 Å². The van der Waals surface area contributed by atoms with Crippen LogP contribution in [0.1, 0.15) is 12.1 Å². The largest absolute Gasteiger partial charge is 0.377 e. The van der Waals surface area contributed by atoms with Crippen molar-refractivity contribution in [3.8, 4) is 0 Å². The fourth-order valence-electron chi connectivity index (χ4n) is 3.92. The molecule has 0 bridgehead atoms. The molecule has 0 spiro atoms. The lowest BCUT2D eigenvalue weighted by Gasteiger charge is -2.36. The van der Waals surface area contributed by atoms with Gasteiger partial charge in [0, 0.05) is 44.0 Å². The average molecular weight is 422 g/mol. The van der Waals surface area contributed by atoms with E-state index in [0.717, 1.165) is 0 Å². The SMILES string of the molecule is [C-]#[N+]c1cc(F)ccc1N1CCN(C(=O)CCc2cc3cccc(F)c3c(=O)[nH]2)CC1. The molecule has 1 saturated heterocycles. The number of carbonyl (C=O) groups is 1. The number of nitrogens with one attached hydrogen (secondary N) is 1. The summed E-state index contributed by atoms with van der Waals surface area (Å²) in [7, 11) is 0. The number of fused-ring (bicyclic) bond motifs is 1. The number of hydrogen-bond donors (Lipinski definition) is 1. The second-order valence-corrected chi connectivity index (χ2v) is 7.44. The molecule has 1 fully saturated rings. The summed E-state index contributed by atoms with van der Waals surface area (Å²) in [5.41, 5.74) is 1.02. The van der Waals surface area contributed by atoms with E-state index >= 15 is 0 Å². The number of nitrogens with zero attached hydrogens (tertiary/aromatic N) is 3. The Morgan fingerprint density at radius 2 is 1.87 bits per heavy atom. The molecule has 0 atom stereocenters.